The monoisotopic (exact) mass is 478 g/mol. The number of carbonyl (C=O) groups is 2. The van der Waals surface area contributed by atoms with Crippen LogP contribution in [0.3, 0.4) is 0 Å². The first kappa shape index (κ1) is 22.4. The maximum atomic E-state index is 13.3. The molecule has 1 aliphatic rings. The lowest BCUT2D eigenvalue weighted by molar-refractivity contribution is -0.169. The van der Waals surface area contributed by atoms with Gasteiger partial charge in [0, 0.05) is 24.0 Å². The Morgan fingerprint density at radius 3 is 2.89 bits per heavy atom. The van der Waals surface area contributed by atoms with E-state index in [9.17, 15) is 14.7 Å². The fraction of sp³-hybridized carbons (Fsp3) is 0.273. The molecular weight excluding hydrogens is 456 g/mol. The van der Waals surface area contributed by atoms with Crippen molar-refractivity contribution in [2.24, 2.45) is 0 Å². The van der Waals surface area contributed by atoms with Gasteiger partial charge in [0.25, 0.3) is 11.8 Å². The average molecular weight is 478 g/mol. The van der Waals surface area contributed by atoms with Gasteiger partial charge in [-0.15, -0.1) is 5.10 Å². The second-order valence-corrected chi connectivity index (χ2v) is 8.65. The number of amides is 2. The summed E-state index contributed by atoms with van der Waals surface area (Å²) >= 11 is 0. The number of aliphatic hydroxyl groups excluding tert-OH is 1. The van der Waals surface area contributed by atoms with Gasteiger partial charge in [-0.1, -0.05) is 5.16 Å². The van der Waals surface area contributed by atoms with Crippen molar-refractivity contribution in [3.05, 3.63) is 48.9 Å². The second kappa shape index (κ2) is 8.45. The van der Waals surface area contributed by atoms with Gasteiger partial charge in [0.15, 0.2) is 29.4 Å². The number of rotatable bonds is 5. The molecule has 13 nitrogen and oxygen atoms in total. The van der Waals surface area contributed by atoms with Crippen LogP contribution in [0.15, 0.2) is 53.4 Å². The molecule has 4 heterocycles. The molecule has 1 unspecified atom stereocenters. The molecule has 2 amide bonds. The third kappa shape index (κ3) is 4.29. The van der Waals surface area contributed by atoms with Gasteiger partial charge in [-0.05, 0) is 32.0 Å². The van der Waals surface area contributed by atoms with Gasteiger partial charge in [-0.2, -0.15) is 10.2 Å². The summed E-state index contributed by atoms with van der Waals surface area (Å²) in [5.41, 5.74) is 6.21. The lowest BCUT2D eigenvalue weighted by Crippen LogP contribution is -2.61. The fourth-order valence-electron chi connectivity index (χ4n) is 3.85. The summed E-state index contributed by atoms with van der Waals surface area (Å²) < 4.78 is 12.5. The number of aromatic nitrogens is 5. The fourth-order valence-corrected chi connectivity index (χ4v) is 3.85. The van der Waals surface area contributed by atoms with Crippen molar-refractivity contribution < 1.29 is 24.0 Å². The van der Waals surface area contributed by atoms with Crippen LogP contribution in [0.4, 0.5) is 17.3 Å². The topological polar surface area (TPSA) is 175 Å². The van der Waals surface area contributed by atoms with Crippen LogP contribution in [-0.4, -0.2) is 66.4 Å². The van der Waals surface area contributed by atoms with E-state index in [1.165, 1.54) is 23.4 Å². The average Bonchev–Trinajstić information content (AvgIpc) is 3.47. The SMILES string of the molecule is CC1(C)CN(c2ccn(-c3ccnnc3)n2)C(=O)[C@@H](C(O)C(=O)Nc2ccc3c(N)noc3c2)O1. The Morgan fingerprint density at radius 2 is 2.11 bits per heavy atom. The number of nitrogens with one attached hydrogen (secondary N) is 1. The molecule has 1 aromatic carbocycles. The summed E-state index contributed by atoms with van der Waals surface area (Å²) in [6.07, 6.45) is 1.50. The molecule has 4 N–H and O–H groups in total. The van der Waals surface area contributed by atoms with Gasteiger partial charge < -0.3 is 25.4 Å². The molecule has 13 heteroatoms. The van der Waals surface area contributed by atoms with Crippen molar-refractivity contribution in [2.45, 2.75) is 31.7 Å². The molecule has 0 saturated carbocycles. The van der Waals surface area contributed by atoms with Crippen LogP contribution in [0.2, 0.25) is 0 Å². The zero-order valence-electron chi connectivity index (χ0n) is 18.8. The molecular formula is C22H22N8O5. The minimum Gasteiger partial charge on any atom is -0.380 e. The molecule has 0 spiro atoms. The Bertz CT molecular complexity index is 1400. The number of hydrogen-bond acceptors (Lipinski definition) is 10. The number of nitrogen functional groups attached to an aromatic ring is 1. The van der Waals surface area contributed by atoms with Crippen molar-refractivity contribution in [1.82, 2.24) is 25.1 Å². The third-order valence-electron chi connectivity index (χ3n) is 5.50. The number of anilines is 3. The van der Waals surface area contributed by atoms with E-state index in [1.54, 1.807) is 49.0 Å². The Kier molecular flexibility index (Phi) is 5.42. The summed E-state index contributed by atoms with van der Waals surface area (Å²) in [4.78, 5) is 27.5. The highest BCUT2D eigenvalue weighted by Gasteiger charge is 2.46. The van der Waals surface area contributed by atoms with Gasteiger partial charge >= 0.3 is 0 Å². The molecule has 2 atom stereocenters. The molecule has 0 radical (unpaired) electrons. The Labute approximate surface area is 198 Å². The van der Waals surface area contributed by atoms with Crippen molar-refractivity contribution in [1.29, 1.82) is 0 Å². The van der Waals surface area contributed by atoms with E-state index < -0.39 is 29.6 Å². The lowest BCUT2D eigenvalue weighted by Gasteiger charge is -2.42. The number of carbonyl (C=O) groups excluding carboxylic acids is 2. The van der Waals surface area contributed by atoms with Crippen molar-refractivity contribution in [3.63, 3.8) is 0 Å². The number of fused-ring (bicyclic) bond motifs is 1. The number of morpholine rings is 1. The highest BCUT2D eigenvalue weighted by Crippen LogP contribution is 2.29. The standard InChI is InChI=1S/C22H22N8O5/c1-22(2)11-29(16-6-8-30(27-16)13-5-7-24-25-10-13)21(33)18(34-22)17(31)20(32)26-12-3-4-14-15(9-12)35-28-19(14)23/h3-10,17-18,31H,11H2,1-2H3,(H2,23,28)(H,26,32)/t17?,18-/m1/s1. The van der Waals surface area contributed by atoms with E-state index in [0.717, 1.165) is 0 Å². The first-order valence-corrected chi connectivity index (χ1v) is 10.7. The number of benzene rings is 1. The number of hydrogen-bond donors (Lipinski definition) is 3. The minimum atomic E-state index is -1.79. The summed E-state index contributed by atoms with van der Waals surface area (Å²) in [5.74, 6) is -0.844. The largest absolute Gasteiger partial charge is 0.380 e. The van der Waals surface area contributed by atoms with Crippen molar-refractivity contribution in [3.8, 4) is 5.69 Å². The molecule has 180 valence electrons. The molecule has 4 aromatic rings. The van der Waals surface area contributed by atoms with E-state index in [2.05, 4.69) is 25.8 Å². The normalized spacial score (nSPS) is 18.5. The van der Waals surface area contributed by atoms with Crippen LogP contribution in [0, 0.1) is 0 Å². The maximum absolute atomic E-state index is 13.3. The van der Waals surface area contributed by atoms with Gasteiger partial charge in [-0.25, -0.2) is 4.68 Å². The van der Waals surface area contributed by atoms with E-state index in [1.807, 2.05) is 0 Å². The first-order chi connectivity index (χ1) is 16.7. The summed E-state index contributed by atoms with van der Waals surface area (Å²) in [5, 5.41) is 29.6. The van der Waals surface area contributed by atoms with Crippen LogP contribution >= 0.6 is 0 Å². The molecule has 0 bridgehead atoms. The van der Waals surface area contributed by atoms with Gasteiger partial charge in [0.2, 0.25) is 0 Å². The number of aliphatic hydroxyl groups is 1. The summed E-state index contributed by atoms with van der Waals surface area (Å²) in [7, 11) is 0. The highest BCUT2D eigenvalue weighted by molar-refractivity contribution is 6.04. The van der Waals surface area contributed by atoms with Gasteiger partial charge in [-0.3, -0.25) is 14.5 Å². The second-order valence-electron chi connectivity index (χ2n) is 8.65. The van der Waals surface area contributed by atoms with E-state index in [0.29, 0.717) is 28.2 Å². The summed E-state index contributed by atoms with van der Waals surface area (Å²) in [6, 6.07) is 8.10. The van der Waals surface area contributed by atoms with E-state index >= 15 is 0 Å². The molecule has 1 saturated heterocycles. The van der Waals surface area contributed by atoms with Gasteiger partial charge in [0.05, 0.1) is 35.6 Å². The number of nitrogens with zero attached hydrogens (tertiary/aromatic N) is 6. The Hall–Kier alpha value is -4.36. The third-order valence-corrected chi connectivity index (χ3v) is 5.50. The molecule has 5 rings (SSSR count). The zero-order chi connectivity index (χ0) is 24.7. The maximum Gasteiger partial charge on any atom is 0.260 e. The number of nitrogens with two attached hydrogens (primary N) is 1. The van der Waals surface area contributed by atoms with E-state index in [4.69, 9.17) is 15.0 Å². The molecule has 3 aromatic heterocycles. The Morgan fingerprint density at radius 1 is 1.29 bits per heavy atom. The van der Waals surface area contributed by atoms with Gasteiger partial charge in [0.1, 0.15) is 0 Å². The Balaban J connectivity index is 1.36. The quantitative estimate of drug-likeness (QED) is 0.374. The van der Waals surface area contributed by atoms with Crippen LogP contribution in [0.1, 0.15) is 13.8 Å². The van der Waals surface area contributed by atoms with Crippen LogP contribution in [-0.2, 0) is 14.3 Å². The lowest BCUT2D eigenvalue weighted by atomic mass is 10.0. The van der Waals surface area contributed by atoms with E-state index in [-0.39, 0.29) is 12.4 Å². The molecule has 1 aliphatic heterocycles. The van der Waals surface area contributed by atoms with Crippen LogP contribution in [0.25, 0.3) is 16.7 Å². The van der Waals surface area contributed by atoms with Crippen molar-refractivity contribution >= 4 is 40.1 Å². The predicted molar refractivity (Wildman–Crippen MR) is 124 cm³/mol. The molecule has 0 aliphatic carbocycles. The molecule has 1 fully saturated rings. The number of ether oxygens (including phenoxy) is 1. The first-order valence-electron chi connectivity index (χ1n) is 10.7. The van der Waals surface area contributed by atoms with Crippen LogP contribution in [0.5, 0.6) is 0 Å². The van der Waals surface area contributed by atoms with Crippen molar-refractivity contribution in [2.75, 3.05) is 22.5 Å². The highest BCUT2D eigenvalue weighted by atomic mass is 16.5. The van der Waals surface area contributed by atoms with Crippen LogP contribution < -0.4 is 16.0 Å². The smallest absolute Gasteiger partial charge is 0.260 e. The predicted octanol–water partition coefficient (Wildman–Crippen LogP) is 0.896. The molecule has 35 heavy (non-hydrogen) atoms. The zero-order valence-corrected chi connectivity index (χ0v) is 18.8. The minimum absolute atomic E-state index is 0.172. The summed E-state index contributed by atoms with van der Waals surface area (Å²) in [6.45, 7) is 3.69.